The molecule has 0 N–H and O–H groups in total. The summed E-state index contributed by atoms with van der Waals surface area (Å²) in [5.74, 6) is 0.0572. The number of carbonyl (C=O) groups is 1. The predicted molar refractivity (Wildman–Crippen MR) is 131 cm³/mol. The summed E-state index contributed by atoms with van der Waals surface area (Å²) in [6.45, 7) is 8.34. The van der Waals surface area contributed by atoms with Gasteiger partial charge in [-0.1, -0.05) is 54.6 Å². The van der Waals surface area contributed by atoms with Gasteiger partial charge in [0.1, 0.15) is 6.61 Å². The SMILES string of the molecule is C=CCOCCOCCOCCOCCN(C)C(=O)OCC1c2ccccc2-c2ccccc21. The monoisotopic (exact) mass is 469 g/mol. The molecule has 184 valence electrons. The van der Waals surface area contributed by atoms with Crippen LogP contribution in [0.4, 0.5) is 4.79 Å². The number of hydrogen-bond donors (Lipinski definition) is 0. The van der Waals surface area contributed by atoms with Gasteiger partial charge in [-0.3, -0.25) is 0 Å². The highest BCUT2D eigenvalue weighted by Gasteiger charge is 2.29. The van der Waals surface area contributed by atoms with Gasteiger partial charge in [-0.15, -0.1) is 6.58 Å². The van der Waals surface area contributed by atoms with Gasteiger partial charge in [-0.25, -0.2) is 4.79 Å². The van der Waals surface area contributed by atoms with Gasteiger partial charge in [0.25, 0.3) is 0 Å². The molecule has 0 fully saturated rings. The Morgan fingerprint density at radius 1 is 0.824 bits per heavy atom. The van der Waals surface area contributed by atoms with E-state index in [2.05, 4.69) is 30.8 Å². The van der Waals surface area contributed by atoms with Gasteiger partial charge in [-0.05, 0) is 22.3 Å². The van der Waals surface area contributed by atoms with Crippen molar-refractivity contribution >= 4 is 6.09 Å². The topological polar surface area (TPSA) is 66.5 Å². The average molecular weight is 470 g/mol. The Hall–Kier alpha value is -2.71. The lowest BCUT2D eigenvalue weighted by atomic mass is 9.98. The van der Waals surface area contributed by atoms with E-state index >= 15 is 0 Å². The lowest BCUT2D eigenvalue weighted by molar-refractivity contribution is -0.000978. The van der Waals surface area contributed by atoms with E-state index in [0.717, 1.165) is 0 Å². The number of nitrogens with zero attached hydrogens (tertiary/aromatic N) is 1. The first-order valence-electron chi connectivity index (χ1n) is 11.7. The third-order valence-corrected chi connectivity index (χ3v) is 5.57. The first kappa shape index (κ1) is 25.9. The van der Waals surface area contributed by atoms with Crippen LogP contribution in [0.1, 0.15) is 17.0 Å². The molecule has 1 amide bonds. The van der Waals surface area contributed by atoms with Crippen LogP contribution in [0, 0.1) is 0 Å². The molecule has 0 aromatic heterocycles. The number of carbonyl (C=O) groups excluding carboxylic acids is 1. The molecule has 1 aliphatic carbocycles. The van der Waals surface area contributed by atoms with E-state index in [1.54, 1.807) is 13.1 Å². The molecule has 7 nitrogen and oxygen atoms in total. The lowest BCUT2D eigenvalue weighted by Crippen LogP contribution is -2.32. The van der Waals surface area contributed by atoms with Crippen LogP contribution in [-0.2, 0) is 23.7 Å². The number of amides is 1. The van der Waals surface area contributed by atoms with Crippen LogP contribution >= 0.6 is 0 Å². The first-order valence-corrected chi connectivity index (χ1v) is 11.7. The molecule has 0 unspecified atom stereocenters. The summed E-state index contributed by atoms with van der Waals surface area (Å²) < 4.78 is 27.3. The van der Waals surface area contributed by atoms with Crippen LogP contribution in [0.3, 0.4) is 0 Å². The van der Waals surface area contributed by atoms with Crippen molar-refractivity contribution in [2.45, 2.75) is 5.92 Å². The molecular formula is C27H35NO6. The number of hydrogen-bond acceptors (Lipinski definition) is 6. The van der Waals surface area contributed by atoms with Crippen molar-refractivity contribution in [2.75, 3.05) is 73.1 Å². The Balaban J connectivity index is 1.26. The van der Waals surface area contributed by atoms with E-state index in [1.807, 2.05) is 24.3 Å². The Morgan fingerprint density at radius 3 is 1.88 bits per heavy atom. The second-order valence-electron chi connectivity index (χ2n) is 7.93. The number of likely N-dealkylation sites (N-methyl/N-ethyl adjacent to an activating group) is 1. The van der Waals surface area contributed by atoms with E-state index in [4.69, 9.17) is 23.7 Å². The van der Waals surface area contributed by atoms with Gasteiger partial charge in [-0.2, -0.15) is 0 Å². The fourth-order valence-electron chi connectivity index (χ4n) is 3.82. The van der Waals surface area contributed by atoms with E-state index < -0.39 is 0 Å². The molecule has 0 bridgehead atoms. The number of fused-ring (bicyclic) bond motifs is 3. The summed E-state index contributed by atoms with van der Waals surface area (Å²) >= 11 is 0. The van der Waals surface area contributed by atoms with Gasteiger partial charge in [0.05, 0.1) is 52.9 Å². The summed E-state index contributed by atoms with van der Waals surface area (Å²) in [5.41, 5.74) is 4.84. The van der Waals surface area contributed by atoms with Crippen molar-refractivity contribution in [1.82, 2.24) is 4.90 Å². The van der Waals surface area contributed by atoms with Crippen LogP contribution in [0.5, 0.6) is 0 Å². The highest BCUT2D eigenvalue weighted by molar-refractivity contribution is 5.79. The predicted octanol–water partition coefficient (Wildman–Crippen LogP) is 4.12. The average Bonchev–Trinajstić information content (AvgIpc) is 3.19. The fourth-order valence-corrected chi connectivity index (χ4v) is 3.82. The number of rotatable bonds is 16. The summed E-state index contributed by atoms with van der Waals surface area (Å²) in [4.78, 5) is 14.0. The van der Waals surface area contributed by atoms with Crippen molar-refractivity contribution < 1.29 is 28.5 Å². The maximum Gasteiger partial charge on any atom is 0.409 e. The molecule has 0 saturated heterocycles. The largest absolute Gasteiger partial charge is 0.448 e. The molecule has 0 atom stereocenters. The van der Waals surface area contributed by atoms with E-state index in [0.29, 0.717) is 66.0 Å². The second-order valence-corrected chi connectivity index (χ2v) is 7.93. The minimum atomic E-state index is -0.351. The molecule has 0 aliphatic heterocycles. The van der Waals surface area contributed by atoms with Crippen LogP contribution in [-0.4, -0.2) is 84.0 Å². The Labute approximate surface area is 202 Å². The molecule has 1 aliphatic rings. The zero-order chi connectivity index (χ0) is 24.0. The van der Waals surface area contributed by atoms with Crippen LogP contribution in [0.25, 0.3) is 11.1 Å². The molecule has 2 aromatic carbocycles. The minimum Gasteiger partial charge on any atom is -0.448 e. The quantitative estimate of drug-likeness (QED) is 0.272. The maximum atomic E-state index is 12.5. The highest BCUT2D eigenvalue weighted by Crippen LogP contribution is 2.44. The molecule has 0 radical (unpaired) electrons. The zero-order valence-corrected chi connectivity index (χ0v) is 19.9. The maximum absolute atomic E-state index is 12.5. The van der Waals surface area contributed by atoms with Gasteiger partial charge in [0.2, 0.25) is 0 Å². The second kappa shape index (κ2) is 14.5. The summed E-state index contributed by atoms with van der Waals surface area (Å²) in [6, 6.07) is 16.6. The lowest BCUT2D eigenvalue weighted by Gasteiger charge is -2.19. The van der Waals surface area contributed by atoms with E-state index in [1.165, 1.54) is 27.2 Å². The van der Waals surface area contributed by atoms with Gasteiger partial charge in [0, 0.05) is 19.5 Å². The third-order valence-electron chi connectivity index (χ3n) is 5.57. The van der Waals surface area contributed by atoms with Crippen molar-refractivity contribution in [3.05, 3.63) is 72.3 Å². The number of benzene rings is 2. The van der Waals surface area contributed by atoms with E-state index in [-0.39, 0.29) is 12.0 Å². The van der Waals surface area contributed by atoms with Gasteiger partial charge < -0.3 is 28.6 Å². The Morgan fingerprint density at radius 2 is 1.32 bits per heavy atom. The zero-order valence-electron chi connectivity index (χ0n) is 19.9. The minimum absolute atomic E-state index is 0.0572. The van der Waals surface area contributed by atoms with Crippen molar-refractivity contribution in [1.29, 1.82) is 0 Å². The molecule has 7 heteroatoms. The smallest absolute Gasteiger partial charge is 0.409 e. The normalized spacial score (nSPS) is 12.3. The Kier molecular flexibility index (Phi) is 11.1. The van der Waals surface area contributed by atoms with Gasteiger partial charge in [0.15, 0.2) is 0 Å². The van der Waals surface area contributed by atoms with Crippen LogP contribution in [0.2, 0.25) is 0 Å². The van der Waals surface area contributed by atoms with E-state index in [9.17, 15) is 4.79 Å². The molecule has 3 rings (SSSR count). The van der Waals surface area contributed by atoms with Crippen molar-refractivity contribution in [3.63, 3.8) is 0 Å². The number of ether oxygens (including phenoxy) is 5. The van der Waals surface area contributed by atoms with Crippen molar-refractivity contribution in [2.24, 2.45) is 0 Å². The fraction of sp³-hybridized carbons (Fsp3) is 0.444. The van der Waals surface area contributed by atoms with Gasteiger partial charge >= 0.3 is 6.09 Å². The molecule has 2 aromatic rings. The molecular weight excluding hydrogens is 434 g/mol. The molecule has 0 heterocycles. The first-order chi connectivity index (χ1) is 16.7. The highest BCUT2D eigenvalue weighted by atomic mass is 16.6. The molecule has 0 saturated carbocycles. The molecule has 34 heavy (non-hydrogen) atoms. The van der Waals surface area contributed by atoms with Crippen LogP contribution < -0.4 is 0 Å². The van der Waals surface area contributed by atoms with Crippen LogP contribution in [0.15, 0.2) is 61.2 Å². The van der Waals surface area contributed by atoms with Crippen molar-refractivity contribution in [3.8, 4) is 11.1 Å². The summed E-state index contributed by atoms with van der Waals surface area (Å²) in [7, 11) is 1.72. The Bertz CT molecular complexity index is 857. The standard InChI is InChI=1S/C27H35NO6/c1-3-13-30-15-17-32-19-20-33-18-16-31-14-12-28(2)27(29)34-21-26-24-10-6-4-8-22(24)23-9-5-7-11-25(23)26/h3-11,26H,1,12-21H2,2H3. The summed E-state index contributed by atoms with van der Waals surface area (Å²) in [6.07, 6.45) is 1.36. The third kappa shape index (κ3) is 7.67. The summed E-state index contributed by atoms with van der Waals surface area (Å²) in [5, 5.41) is 0. The molecule has 0 spiro atoms.